The number of benzene rings is 1. The molecule has 0 unspecified atom stereocenters. The molecule has 0 radical (unpaired) electrons. The fourth-order valence-corrected chi connectivity index (χ4v) is 2.09. The Morgan fingerprint density at radius 2 is 2.05 bits per heavy atom. The molecule has 2 heterocycles. The number of aryl methyl sites for hydroxylation is 1. The third kappa shape index (κ3) is 2.52. The molecule has 0 aliphatic carbocycles. The highest BCUT2D eigenvalue weighted by Crippen LogP contribution is 2.15. The van der Waals surface area contributed by atoms with Crippen molar-refractivity contribution in [2.45, 2.75) is 13.5 Å². The molecule has 1 aromatic carbocycles. The van der Waals surface area contributed by atoms with Crippen molar-refractivity contribution >= 4 is 0 Å². The number of nitrogens with zero attached hydrogens (tertiary/aromatic N) is 4. The lowest BCUT2D eigenvalue weighted by atomic mass is 10.2. The fourth-order valence-electron chi connectivity index (χ4n) is 2.09. The Morgan fingerprint density at radius 3 is 2.77 bits per heavy atom. The Balaban J connectivity index is 1.91. The zero-order valence-corrected chi connectivity index (χ0v) is 11.9. The molecular formula is C16H12N4O2. The molecule has 3 rings (SSSR count). The molecule has 0 spiro atoms. The number of nitriles is 1. The van der Waals surface area contributed by atoms with Gasteiger partial charge in [-0.2, -0.15) is 10.2 Å². The summed E-state index contributed by atoms with van der Waals surface area (Å²) in [7, 11) is 0. The van der Waals surface area contributed by atoms with Crippen LogP contribution in [0.5, 0.6) is 0 Å². The molecule has 0 amide bonds. The van der Waals surface area contributed by atoms with Gasteiger partial charge in [0.25, 0.3) is 5.56 Å². The number of aromatic nitrogens is 3. The van der Waals surface area contributed by atoms with Crippen LogP contribution in [-0.2, 0) is 6.54 Å². The van der Waals surface area contributed by atoms with Crippen molar-refractivity contribution in [3.63, 3.8) is 0 Å². The van der Waals surface area contributed by atoms with E-state index in [1.165, 1.54) is 4.57 Å². The molecule has 0 saturated carbocycles. The van der Waals surface area contributed by atoms with Gasteiger partial charge in [0.1, 0.15) is 18.2 Å². The standard InChI is InChI=1S/C16H12N4O2/c1-11-7-8-20(16(21)13(11)9-17)10-14-18-15(19-22-14)12-5-3-2-4-6-12/h2-8H,10H2,1H3. The van der Waals surface area contributed by atoms with Crippen molar-refractivity contribution in [2.24, 2.45) is 0 Å². The van der Waals surface area contributed by atoms with Crippen molar-refractivity contribution in [2.75, 3.05) is 0 Å². The molecule has 0 saturated heterocycles. The summed E-state index contributed by atoms with van der Waals surface area (Å²) in [4.78, 5) is 16.4. The third-order valence-electron chi connectivity index (χ3n) is 3.29. The molecule has 0 aliphatic rings. The molecular weight excluding hydrogens is 280 g/mol. The summed E-state index contributed by atoms with van der Waals surface area (Å²) >= 11 is 0. The van der Waals surface area contributed by atoms with Gasteiger partial charge in [0.05, 0.1) is 0 Å². The first-order valence-electron chi connectivity index (χ1n) is 6.67. The van der Waals surface area contributed by atoms with E-state index in [2.05, 4.69) is 10.1 Å². The van der Waals surface area contributed by atoms with Gasteiger partial charge in [-0.15, -0.1) is 0 Å². The first-order valence-corrected chi connectivity index (χ1v) is 6.67. The van der Waals surface area contributed by atoms with Crippen molar-refractivity contribution in [1.29, 1.82) is 5.26 Å². The molecule has 0 bridgehead atoms. The summed E-state index contributed by atoms with van der Waals surface area (Å²) in [6, 6.07) is 13.1. The summed E-state index contributed by atoms with van der Waals surface area (Å²) in [6.07, 6.45) is 1.62. The van der Waals surface area contributed by atoms with Gasteiger partial charge in [-0.05, 0) is 18.6 Å². The summed E-state index contributed by atoms with van der Waals surface area (Å²) < 4.78 is 6.56. The van der Waals surface area contributed by atoms with E-state index in [-0.39, 0.29) is 17.7 Å². The maximum absolute atomic E-state index is 12.2. The zero-order valence-electron chi connectivity index (χ0n) is 11.9. The van der Waals surface area contributed by atoms with Crippen LogP contribution in [-0.4, -0.2) is 14.7 Å². The second-order valence-corrected chi connectivity index (χ2v) is 4.80. The molecule has 0 fully saturated rings. The monoisotopic (exact) mass is 292 g/mol. The molecule has 3 aromatic rings. The third-order valence-corrected chi connectivity index (χ3v) is 3.29. The van der Waals surface area contributed by atoms with Gasteiger partial charge in [-0.3, -0.25) is 4.79 Å². The Kier molecular flexibility index (Phi) is 3.54. The lowest BCUT2D eigenvalue weighted by Gasteiger charge is -2.03. The molecule has 0 N–H and O–H groups in total. The maximum Gasteiger partial charge on any atom is 0.269 e. The minimum absolute atomic E-state index is 0.130. The van der Waals surface area contributed by atoms with Gasteiger partial charge in [0, 0.05) is 11.8 Å². The Bertz CT molecular complexity index is 904. The number of pyridine rings is 1. The molecule has 0 aliphatic heterocycles. The van der Waals surface area contributed by atoms with Crippen LogP contribution < -0.4 is 5.56 Å². The van der Waals surface area contributed by atoms with E-state index >= 15 is 0 Å². The minimum atomic E-state index is -0.359. The first-order chi connectivity index (χ1) is 10.7. The Hall–Kier alpha value is -3.20. The minimum Gasteiger partial charge on any atom is -0.337 e. The van der Waals surface area contributed by atoms with E-state index in [9.17, 15) is 4.79 Å². The highest BCUT2D eigenvalue weighted by atomic mass is 16.5. The van der Waals surface area contributed by atoms with E-state index in [4.69, 9.17) is 9.78 Å². The van der Waals surface area contributed by atoms with E-state index in [0.29, 0.717) is 17.3 Å². The fraction of sp³-hybridized carbons (Fsp3) is 0.125. The Morgan fingerprint density at radius 1 is 1.27 bits per heavy atom. The van der Waals surface area contributed by atoms with Crippen LogP contribution in [0, 0.1) is 18.3 Å². The maximum atomic E-state index is 12.2. The van der Waals surface area contributed by atoms with Crippen LogP contribution in [0.15, 0.2) is 51.9 Å². The van der Waals surface area contributed by atoms with Crippen LogP contribution >= 0.6 is 0 Å². The van der Waals surface area contributed by atoms with Crippen molar-refractivity contribution in [3.8, 4) is 17.5 Å². The molecule has 6 nitrogen and oxygen atoms in total. The van der Waals surface area contributed by atoms with Gasteiger partial charge >= 0.3 is 0 Å². The normalized spacial score (nSPS) is 10.4. The largest absolute Gasteiger partial charge is 0.337 e. The highest BCUT2D eigenvalue weighted by Gasteiger charge is 2.12. The van der Waals surface area contributed by atoms with E-state index in [0.717, 1.165) is 5.56 Å². The topological polar surface area (TPSA) is 84.7 Å². The molecule has 0 atom stereocenters. The van der Waals surface area contributed by atoms with Crippen LogP contribution in [0.25, 0.3) is 11.4 Å². The lowest BCUT2D eigenvalue weighted by Crippen LogP contribution is -2.23. The predicted molar refractivity (Wildman–Crippen MR) is 79.0 cm³/mol. The number of rotatable bonds is 3. The zero-order chi connectivity index (χ0) is 15.5. The van der Waals surface area contributed by atoms with Crippen LogP contribution in [0.1, 0.15) is 17.0 Å². The summed E-state index contributed by atoms with van der Waals surface area (Å²) in [6.45, 7) is 1.86. The summed E-state index contributed by atoms with van der Waals surface area (Å²) in [5.74, 6) is 0.782. The van der Waals surface area contributed by atoms with Crippen molar-refractivity contribution < 1.29 is 4.52 Å². The molecule has 22 heavy (non-hydrogen) atoms. The van der Waals surface area contributed by atoms with Gasteiger partial charge < -0.3 is 9.09 Å². The van der Waals surface area contributed by atoms with Gasteiger partial charge in [-0.1, -0.05) is 35.5 Å². The van der Waals surface area contributed by atoms with Gasteiger partial charge in [0.15, 0.2) is 0 Å². The molecule has 108 valence electrons. The number of hydrogen-bond donors (Lipinski definition) is 0. The highest BCUT2D eigenvalue weighted by molar-refractivity contribution is 5.53. The quantitative estimate of drug-likeness (QED) is 0.738. The van der Waals surface area contributed by atoms with Gasteiger partial charge in [0.2, 0.25) is 11.7 Å². The molecule has 2 aromatic heterocycles. The first kappa shape index (κ1) is 13.8. The Labute approximate surface area is 126 Å². The van der Waals surface area contributed by atoms with E-state index < -0.39 is 0 Å². The second-order valence-electron chi connectivity index (χ2n) is 4.80. The van der Waals surface area contributed by atoms with Gasteiger partial charge in [-0.25, -0.2) is 0 Å². The lowest BCUT2D eigenvalue weighted by molar-refractivity contribution is 0.370. The number of hydrogen-bond acceptors (Lipinski definition) is 5. The smallest absolute Gasteiger partial charge is 0.269 e. The predicted octanol–water partition coefficient (Wildman–Crippen LogP) is 2.13. The van der Waals surface area contributed by atoms with Crippen molar-refractivity contribution in [1.82, 2.24) is 14.7 Å². The van der Waals surface area contributed by atoms with E-state index in [1.807, 2.05) is 36.4 Å². The molecule has 6 heteroatoms. The second kappa shape index (κ2) is 5.66. The van der Waals surface area contributed by atoms with Crippen LogP contribution in [0.4, 0.5) is 0 Å². The summed E-state index contributed by atoms with van der Waals surface area (Å²) in [5, 5.41) is 12.9. The van der Waals surface area contributed by atoms with Crippen molar-refractivity contribution in [3.05, 3.63) is 70.0 Å². The van der Waals surface area contributed by atoms with E-state index in [1.54, 1.807) is 19.2 Å². The average Bonchev–Trinajstić information content (AvgIpc) is 3.00. The SMILES string of the molecule is Cc1ccn(Cc2nc(-c3ccccc3)no2)c(=O)c1C#N. The van der Waals surface area contributed by atoms with Crippen LogP contribution in [0.2, 0.25) is 0 Å². The summed E-state index contributed by atoms with van der Waals surface area (Å²) in [5.41, 5.74) is 1.26. The van der Waals surface area contributed by atoms with Crippen LogP contribution in [0.3, 0.4) is 0 Å². The average molecular weight is 292 g/mol.